The average molecular weight is 925 g/mol. The molecule has 0 aromatic heterocycles. The first-order chi connectivity index (χ1) is 30.9. The fraction of sp³-hybridized carbons (Fsp3) is 0.714. The first-order valence-corrected chi connectivity index (χ1v) is 25.4. The maximum atomic E-state index is 12.8. The Labute approximate surface area is 382 Å². The fourth-order valence-electron chi connectivity index (χ4n) is 6.97. The van der Waals surface area contributed by atoms with Crippen molar-refractivity contribution in [1.82, 2.24) is 0 Å². The summed E-state index contributed by atoms with van der Waals surface area (Å²) in [4.78, 5) is 35.7. The number of aliphatic hydroxyl groups is 5. The van der Waals surface area contributed by atoms with Crippen LogP contribution in [0.1, 0.15) is 155 Å². The first kappa shape index (κ1) is 57.4. The van der Waals surface area contributed by atoms with Crippen molar-refractivity contribution in [2.24, 2.45) is 0 Å². The Balaban J connectivity index is 1.73. The largest absolute Gasteiger partial charge is 0.472 e. The molecular formula is C49H81O14P. The summed E-state index contributed by atoms with van der Waals surface area (Å²) < 4.78 is 39.2. The fourth-order valence-corrected chi connectivity index (χ4v) is 7.94. The SMILES string of the molecule is CCCCC/C=C\C/C=C\C/C=C\CCCCCCC(=O)O[C@H](COC(=O)CCC/C=C\C/C=C\C/C=C\CC1OC1CCCCC)COP(=O)(O)OC1[C@H](O)[C@H](O)C(O)[C@H](O)[C@H]1O. The van der Waals surface area contributed by atoms with Gasteiger partial charge in [0, 0.05) is 12.8 Å². The maximum absolute atomic E-state index is 12.8. The molecule has 6 N–H and O–H groups in total. The van der Waals surface area contributed by atoms with Crippen LogP contribution in [-0.2, 0) is 37.4 Å². The minimum Gasteiger partial charge on any atom is -0.462 e. The number of phosphoric ester groups is 1. The summed E-state index contributed by atoms with van der Waals surface area (Å²) in [6.07, 6.45) is 32.7. The molecular weight excluding hydrogens is 843 g/mol. The first-order valence-electron chi connectivity index (χ1n) is 23.9. The standard InChI is InChI=1S/C49H81O14P/c1-3-5-7-8-9-10-11-12-13-14-15-16-17-22-25-28-32-36-43(51)61-39(38-60-64(57,58)63-49-47(55)45(53)44(52)46(54)48(49)56)37-59-42(50)35-31-27-24-21-19-18-20-23-26-30-34-41-40(62-41)33-29-6-4-2/h9-10,12-13,15-16,18,20-21,24,26,30,39-41,44-49,52-56H,3-8,11,14,17,19,22-23,25,27-29,31-38H2,1-2H3,(H,57,58)/b10-9-,13-12-,16-15-,20-18-,24-21-,30-26-/t39-,40?,41?,44?,45-,46+,47-,48-,49?/m1/s1. The molecule has 10 atom stereocenters. The Morgan fingerprint density at radius 1 is 0.562 bits per heavy atom. The molecule has 0 aromatic rings. The maximum Gasteiger partial charge on any atom is 0.472 e. The molecule has 0 aromatic carbocycles. The van der Waals surface area contributed by atoms with Gasteiger partial charge < -0.3 is 44.6 Å². The minimum absolute atomic E-state index is 0.0533. The summed E-state index contributed by atoms with van der Waals surface area (Å²) >= 11 is 0. The molecule has 1 aliphatic heterocycles. The van der Waals surface area contributed by atoms with E-state index in [0.717, 1.165) is 70.6 Å². The topological polar surface area (TPSA) is 222 Å². The lowest BCUT2D eigenvalue weighted by Crippen LogP contribution is -2.64. The van der Waals surface area contributed by atoms with Crippen molar-refractivity contribution in [1.29, 1.82) is 0 Å². The second kappa shape index (κ2) is 35.4. The summed E-state index contributed by atoms with van der Waals surface area (Å²) in [7, 11) is -5.15. The number of unbranched alkanes of at least 4 members (excludes halogenated alkanes) is 10. The molecule has 5 unspecified atom stereocenters. The van der Waals surface area contributed by atoms with Crippen LogP contribution in [0.2, 0.25) is 0 Å². The summed E-state index contributed by atoms with van der Waals surface area (Å²) in [5.41, 5.74) is 0. The van der Waals surface area contributed by atoms with E-state index in [0.29, 0.717) is 31.5 Å². The van der Waals surface area contributed by atoms with Gasteiger partial charge in [0.2, 0.25) is 0 Å². The van der Waals surface area contributed by atoms with Gasteiger partial charge in [0.05, 0.1) is 18.8 Å². The summed E-state index contributed by atoms with van der Waals surface area (Å²) in [5.74, 6) is -1.20. The molecule has 64 heavy (non-hydrogen) atoms. The molecule has 1 saturated carbocycles. The molecule has 1 aliphatic carbocycles. The number of rotatable bonds is 37. The lowest BCUT2D eigenvalue weighted by Gasteiger charge is -2.41. The third-order valence-corrected chi connectivity index (χ3v) is 11.9. The Kier molecular flexibility index (Phi) is 31.8. The van der Waals surface area contributed by atoms with Gasteiger partial charge in [0.25, 0.3) is 0 Å². The molecule has 0 bridgehead atoms. The molecule has 15 heteroatoms. The van der Waals surface area contributed by atoms with E-state index in [9.17, 15) is 44.6 Å². The van der Waals surface area contributed by atoms with Gasteiger partial charge in [-0.25, -0.2) is 4.57 Å². The molecule has 0 radical (unpaired) electrons. The van der Waals surface area contributed by atoms with Crippen LogP contribution in [0, 0.1) is 0 Å². The third kappa shape index (κ3) is 27.0. The second-order valence-electron chi connectivity index (χ2n) is 16.6. The van der Waals surface area contributed by atoms with Gasteiger partial charge in [0.1, 0.15) is 43.2 Å². The summed E-state index contributed by atoms with van der Waals surface area (Å²) in [5, 5.41) is 50.2. The molecule has 2 aliphatic rings. The highest BCUT2D eigenvalue weighted by molar-refractivity contribution is 7.47. The van der Waals surface area contributed by atoms with Gasteiger partial charge >= 0.3 is 19.8 Å². The Hall–Kier alpha value is -2.75. The van der Waals surface area contributed by atoms with Crippen molar-refractivity contribution < 1.29 is 67.8 Å². The number of ether oxygens (including phenoxy) is 3. The van der Waals surface area contributed by atoms with Gasteiger partial charge in [-0.2, -0.15) is 0 Å². The molecule has 0 amide bonds. The Morgan fingerprint density at radius 3 is 1.64 bits per heavy atom. The number of hydrogen-bond donors (Lipinski definition) is 6. The van der Waals surface area contributed by atoms with Gasteiger partial charge in [0.15, 0.2) is 6.10 Å². The van der Waals surface area contributed by atoms with E-state index in [2.05, 4.69) is 74.6 Å². The Bertz CT molecular complexity index is 1460. The van der Waals surface area contributed by atoms with E-state index in [1.54, 1.807) is 0 Å². The van der Waals surface area contributed by atoms with Crippen LogP contribution in [0.15, 0.2) is 72.9 Å². The number of hydrogen-bond acceptors (Lipinski definition) is 13. The highest BCUT2D eigenvalue weighted by atomic mass is 31.2. The normalized spacial score (nSPS) is 25.4. The van der Waals surface area contributed by atoms with Crippen LogP contribution in [0.25, 0.3) is 0 Å². The highest BCUT2D eigenvalue weighted by Crippen LogP contribution is 2.47. The van der Waals surface area contributed by atoms with Crippen molar-refractivity contribution in [2.75, 3.05) is 13.2 Å². The minimum atomic E-state index is -5.15. The van der Waals surface area contributed by atoms with Crippen LogP contribution in [0.5, 0.6) is 0 Å². The molecule has 366 valence electrons. The zero-order valence-corrected chi connectivity index (χ0v) is 39.4. The molecule has 14 nitrogen and oxygen atoms in total. The number of carbonyl (C=O) groups is 2. The quantitative estimate of drug-likeness (QED) is 0.0113. The van der Waals surface area contributed by atoms with Crippen molar-refractivity contribution >= 4 is 19.8 Å². The number of aliphatic hydroxyl groups excluding tert-OH is 5. The van der Waals surface area contributed by atoms with Crippen LogP contribution in [0.3, 0.4) is 0 Å². The van der Waals surface area contributed by atoms with Crippen molar-refractivity contribution in [3.8, 4) is 0 Å². The predicted molar refractivity (Wildman–Crippen MR) is 248 cm³/mol. The summed E-state index contributed by atoms with van der Waals surface area (Å²) in [6, 6.07) is 0. The smallest absolute Gasteiger partial charge is 0.462 e. The van der Waals surface area contributed by atoms with E-state index < -0.39 is 75.7 Å². The summed E-state index contributed by atoms with van der Waals surface area (Å²) in [6.45, 7) is 3.16. The van der Waals surface area contributed by atoms with E-state index >= 15 is 0 Å². The van der Waals surface area contributed by atoms with Gasteiger partial charge in [-0.3, -0.25) is 18.6 Å². The van der Waals surface area contributed by atoms with Gasteiger partial charge in [-0.05, 0) is 83.5 Å². The molecule has 1 saturated heterocycles. The van der Waals surface area contributed by atoms with Crippen molar-refractivity contribution in [3.05, 3.63) is 72.9 Å². The van der Waals surface area contributed by atoms with E-state index in [1.807, 2.05) is 12.2 Å². The molecule has 1 heterocycles. The van der Waals surface area contributed by atoms with Crippen LogP contribution >= 0.6 is 7.82 Å². The van der Waals surface area contributed by atoms with E-state index in [-0.39, 0.29) is 12.8 Å². The number of esters is 2. The van der Waals surface area contributed by atoms with Crippen molar-refractivity contribution in [2.45, 2.75) is 210 Å². The molecule has 2 fully saturated rings. The van der Waals surface area contributed by atoms with Crippen LogP contribution in [-0.4, -0.2) is 111 Å². The average Bonchev–Trinajstić information content (AvgIpc) is 4.03. The molecule has 2 rings (SSSR count). The highest BCUT2D eigenvalue weighted by Gasteiger charge is 2.51. The van der Waals surface area contributed by atoms with E-state index in [4.69, 9.17) is 23.3 Å². The lowest BCUT2D eigenvalue weighted by molar-refractivity contribution is -0.220. The molecule has 0 spiro atoms. The number of allylic oxidation sites excluding steroid dienone is 11. The second-order valence-corrected chi connectivity index (χ2v) is 18.0. The number of carbonyl (C=O) groups excluding carboxylic acids is 2. The van der Waals surface area contributed by atoms with Crippen LogP contribution < -0.4 is 0 Å². The lowest BCUT2D eigenvalue weighted by atomic mass is 9.85. The van der Waals surface area contributed by atoms with Crippen molar-refractivity contribution in [3.63, 3.8) is 0 Å². The van der Waals surface area contributed by atoms with Crippen LogP contribution in [0.4, 0.5) is 0 Å². The van der Waals surface area contributed by atoms with E-state index in [1.165, 1.54) is 38.5 Å². The number of phosphoric acid groups is 1. The zero-order chi connectivity index (χ0) is 46.8. The monoisotopic (exact) mass is 925 g/mol. The zero-order valence-electron chi connectivity index (χ0n) is 38.5. The van der Waals surface area contributed by atoms with Gasteiger partial charge in [-0.1, -0.05) is 132 Å². The number of epoxide rings is 1. The third-order valence-electron chi connectivity index (χ3n) is 10.9. The predicted octanol–water partition coefficient (Wildman–Crippen LogP) is 8.49. The van der Waals surface area contributed by atoms with Gasteiger partial charge in [-0.15, -0.1) is 0 Å². The Morgan fingerprint density at radius 2 is 1.05 bits per heavy atom.